The number of primary amides is 1. The van der Waals surface area contributed by atoms with Gasteiger partial charge in [0.2, 0.25) is 5.91 Å². The number of carbonyl (C=O) groups excluding carboxylic acids is 1. The van der Waals surface area contributed by atoms with Crippen molar-refractivity contribution in [3.8, 4) is 0 Å². The molecule has 0 atom stereocenters. The van der Waals surface area contributed by atoms with E-state index >= 15 is 0 Å². The summed E-state index contributed by atoms with van der Waals surface area (Å²) in [6.45, 7) is 6.39. The van der Waals surface area contributed by atoms with E-state index in [-0.39, 0.29) is 17.1 Å². The lowest BCUT2D eigenvalue weighted by Crippen LogP contribution is -2.17. The van der Waals surface area contributed by atoms with Crippen molar-refractivity contribution in [2.24, 2.45) is 12.8 Å². The van der Waals surface area contributed by atoms with Crippen LogP contribution < -0.4 is 5.73 Å². The van der Waals surface area contributed by atoms with Gasteiger partial charge in [-0.05, 0) is 0 Å². The van der Waals surface area contributed by atoms with Gasteiger partial charge in [-0.15, -0.1) is 0 Å². The third-order valence-corrected chi connectivity index (χ3v) is 3.12. The second kappa shape index (κ2) is 4.26. The van der Waals surface area contributed by atoms with Crippen LogP contribution in [0.1, 0.15) is 26.5 Å². The number of aromatic nitrogens is 2. The first kappa shape index (κ1) is 12.1. The Labute approximate surface area is 94.2 Å². The van der Waals surface area contributed by atoms with Crippen molar-refractivity contribution in [3.05, 3.63) is 11.9 Å². The van der Waals surface area contributed by atoms with E-state index in [1.54, 1.807) is 0 Å². The molecule has 0 aromatic carbocycles. The highest BCUT2D eigenvalue weighted by Crippen LogP contribution is 2.25. The Hall–Kier alpha value is -0.970. The average molecular weight is 227 g/mol. The van der Waals surface area contributed by atoms with Gasteiger partial charge in [0.15, 0.2) is 5.16 Å². The van der Waals surface area contributed by atoms with E-state index in [9.17, 15) is 4.79 Å². The van der Waals surface area contributed by atoms with Crippen molar-refractivity contribution in [3.63, 3.8) is 0 Å². The molecule has 1 rings (SSSR count). The van der Waals surface area contributed by atoms with Crippen molar-refractivity contribution in [2.75, 3.05) is 5.75 Å². The van der Waals surface area contributed by atoms with E-state index in [1.807, 2.05) is 17.8 Å². The highest BCUT2D eigenvalue weighted by molar-refractivity contribution is 7.99. The molecule has 4 nitrogen and oxygen atoms in total. The van der Waals surface area contributed by atoms with Gasteiger partial charge in [0.25, 0.3) is 0 Å². The van der Waals surface area contributed by atoms with Gasteiger partial charge >= 0.3 is 0 Å². The SMILES string of the molecule is Cn1c(C(C)(C)C)cnc1SCC(N)=O. The van der Waals surface area contributed by atoms with E-state index in [0.29, 0.717) is 0 Å². The second-order valence-corrected chi connectivity index (χ2v) is 5.43. The normalized spacial score (nSPS) is 11.7. The van der Waals surface area contributed by atoms with E-state index in [1.165, 1.54) is 11.8 Å². The molecule has 1 aromatic heterocycles. The summed E-state index contributed by atoms with van der Waals surface area (Å²) in [4.78, 5) is 14.9. The first-order valence-corrected chi connectivity index (χ1v) is 5.74. The maximum Gasteiger partial charge on any atom is 0.227 e. The molecule has 0 aliphatic carbocycles. The summed E-state index contributed by atoms with van der Waals surface area (Å²) in [6, 6.07) is 0. The van der Waals surface area contributed by atoms with Crippen molar-refractivity contribution < 1.29 is 4.79 Å². The van der Waals surface area contributed by atoms with Crippen LogP contribution in [0.15, 0.2) is 11.4 Å². The Morgan fingerprint density at radius 1 is 1.60 bits per heavy atom. The third-order valence-electron chi connectivity index (χ3n) is 2.06. The van der Waals surface area contributed by atoms with Gasteiger partial charge in [0, 0.05) is 24.4 Å². The Kier molecular flexibility index (Phi) is 3.44. The van der Waals surface area contributed by atoms with E-state index in [0.717, 1.165) is 10.9 Å². The van der Waals surface area contributed by atoms with Crippen molar-refractivity contribution >= 4 is 17.7 Å². The van der Waals surface area contributed by atoms with Crippen LogP contribution >= 0.6 is 11.8 Å². The summed E-state index contributed by atoms with van der Waals surface area (Å²) in [5.74, 6) is -0.0469. The molecule has 84 valence electrons. The number of nitrogens with zero attached hydrogens (tertiary/aromatic N) is 2. The van der Waals surface area contributed by atoms with Gasteiger partial charge in [-0.25, -0.2) is 4.98 Å². The monoisotopic (exact) mass is 227 g/mol. The van der Waals surface area contributed by atoms with Crippen LogP contribution in [0.25, 0.3) is 0 Å². The molecule has 15 heavy (non-hydrogen) atoms. The highest BCUT2D eigenvalue weighted by Gasteiger charge is 2.19. The molecule has 0 fully saturated rings. The largest absolute Gasteiger partial charge is 0.369 e. The number of nitrogens with two attached hydrogens (primary N) is 1. The molecule has 0 unspecified atom stereocenters. The number of carbonyl (C=O) groups is 1. The molecule has 0 saturated carbocycles. The van der Waals surface area contributed by atoms with Gasteiger partial charge in [-0.1, -0.05) is 32.5 Å². The molecule has 1 aromatic rings. The maximum absolute atomic E-state index is 10.7. The summed E-state index contributed by atoms with van der Waals surface area (Å²) in [7, 11) is 1.96. The minimum absolute atomic E-state index is 0.0628. The lowest BCUT2D eigenvalue weighted by molar-refractivity contribution is -0.115. The van der Waals surface area contributed by atoms with Crippen molar-refractivity contribution in [2.45, 2.75) is 31.3 Å². The van der Waals surface area contributed by atoms with Gasteiger partial charge in [-0.3, -0.25) is 4.79 Å². The molecular formula is C10H17N3OS. The molecule has 0 radical (unpaired) electrons. The zero-order valence-electron chi connectivity index (χ0n) is 9.57. The van der Waals surface area contributed by atoms with Gasteiger partial charge < -0.3 is 10.3 Å². The third kappa shape index (κ3) is 2.99. The van der Waals surface area contributed by atoms with Crippen LogP contribution in [-0.4, -0.2) is 21.2 Å². The Morgan fingerprint density at radius 3 is 2.60 bits per heavy atom. The van der Waals surface area contributed by atoms with Crippen LogP contribution in [0.3, 0.4) is 0 Å². The molecule has 5 heteroatoms. The summed E-state index contributed by atoms with van der Waals surface area (Å²) in [5.41, 5.74) is 6.30. The average Bonchev–Trinajstić information content (AvgIpc) is 2.42. The predicted octanol–water partition coefficient (Wildman–Crippen LogP) is 1.29. The highest BCUT2D eigenvalue weighted by atomic mass is 32.2. The summed E-state index contributed by atoms with van der Waals surface area (Å²) in [6.07, 6.45) is 1.85. The van der Waals surface area contributed by atoms with Crippen molar-refractivity contribution in [1.82, 2.24) is 9.55 Å². The summed E-state index contributed by atoms with van der Waals surface area (Å²) < 4.78 is 2.01. The van der Waals surface area contributed by atoms with E-state index in [4.69, 9.17) is 5.73 Å². The van der Waals surface area contributed by atoms with Crippen LogP contribution in [-0.2, 0) is 17.3 Å². The Bertz CT molecular complexity index is 365. The van der Waals surface area contributed by atoms with Crippen LogP contribution in [0.2, 0.25) is 0 Å². The Morgan fingerprint density at radius 2 is 2.20 bits per heavy atom. The first-order chi connectivity index (χ1) is 6.82. The van der Waals surface area contributed by atoms with Crippen LogP contribution in [0.4, 0.5) is 0 Å². The fourth-order valence-corrected chi connectivity index (χ4v) is 2.05. The van der Waals surface area contributed by atoms with Gasteiger partial charge in [0.05, 0.1) is 5.75 Å². The Balaban J connectivity index is 2.85. The number of imidazole rings is 1. The number of hydrogen-bond acceptors (Lipinski definition) is 3. The predicted molar refractivity (Wildman–Crippen MR) is 61.8 cm³/mol. The number of rotatable bonds is 3. The summed E-state index contributed by atoms with van der Waals surface area (Å²) in [5, 5.41) is 0.832. The minimum atomic E-state index is -0.319. The quantitative estimate of drug-likeness (QED) is 0.792. The zero-order valence-corrected chi connectivity index (χ0v) is 10.4. The standard InChI is InChI=1S/C10H17N3OS/c1-10(2,3)7-5-12-9(13(7)4)15-6-8(11)14/h5H,6H2,1-4H3,(H2,11,14). The van der Waals surface area contributed by atoms with Gasteiger partial charge in [0.1, 0.15) is 0 Å². The number of amides is 1. The topological polar surface area (TPSA) is 60.9 Å². The lowest BCUT2D eigenvalue weighted by atomic mass is 9.93. The van der Waals surface area contributed by atoms with Crippen molar-refractivity contribution in [1.29, 1.82) is 0 Å². The number of thioether (sulfide) groups is 1. The molecule has 0 bridgehead atoms. The fourth-order valence-electron chi connectivity index (χ4n) is 1.36. The van der Waals surface area contributed by atoms with Gasteiger partial charge in [-0.2, -0.15) is 0 Å². The van der Waals surface area contributed by atoms with E-state index < -0.39 is 0 Å². The minimum Gasteiger partial charge on any atom is -0.369 e. The lowest BCUT2D eigenvalue weighted by Gasteiger charge is -2.19. The molecule has 0 aliphatic heterocycles. The molecule has 0 spiro atoms. The molecular weight excluding hydrogens is 210 g/mol. The molecule has 2 N–H and O–H groups in total. The fraction of sp³-hybridized carbons (Fsp3) is 0.600. The first-order valence-electron chi connectivity index (χ1n) is 4.75. The molecule has 1 heterocycles. The van der Waals surface area contributed by atoms with Crippen LogP contribution in [0, 0.1) is 0 Å². The molecule has 1 amide bonds. The molecule has 0 saturated heterocycles. The smallest absolute Gasteiger partial charge is 0.227 e. The number of hydrogen-bond donors (Lipinski definition) is 1. The summed E-state index contributed by atoms with van der Waals surface area (Å²) >= 11 is 1.37. The zero-order chi connectivity index (χ0) is 11.6. The van der Waals surface area contributed by atoms with E-state index in [2.05, 4.69) is 25.8 Å². The maximum atomic E-state index is 10.7. The molecule has 0 aliphatic rings. The second-order valence-electron chi connectivity index (χ2n) is 4.49. The van der Waals surface area contributed by atoms with Crippen LogP contribution in [0.5, 0.6) is 0 Å².